The summed E-state index contributed by atoms with van der Waals surface area (Å²) in [5.41, 5.74) is 0.462. The van der Waals surface area contributed by atoms with Gasteiger partial charge in [0.25, 0.3) is 0 Å². The molecule has 112 valence electrons. The Balaban J connectivity index is 1.60. The third-order valence-corrected chi connectivity index (χ3v) is 6.35. The standard InChI is InChI=1S/C17H13Cl2NO2/c18-7-1-4-13(12(19)5-7)20-16(21)14-8-2-3-9(11-6-10(8)11)15(14)17(20)22/h1-5,8-11,14-15H,6H2/t8-,9+,10-,11-,14+,15+/m1/s1. The van der Waals surface area contributed by atoms with Gasteiger partial charge in [0.15, 0.2) is 0 Å². The number of carbonyl (C=O) groups is 2. The van der Waals surface area contributed by atoms with E-state index >= 15 is 0 Å². The Hall–Kier alpha value is -1.32. The molecule has 4 aliphatic carbocycles. The van der Waals surface area contributed by atoms with Crippen LogP contribution in [0.25, 0.3) is 0 Å². The fourth-order valence-corrected chi connectivity index (χ4v) is 5.35. The monoisotopic (exact) mass is 333 g/mol. The van der Waals surface area contributed by atoms with E-state index in [1.54, 1.807) is 18.2 Å². The van der Waals surface area contributed by atoms with E-state index in [0.29, 0.717) is 27.6 Å². The van der Waals surface area contributed by atoms with Crippen molar-refractivity contribution in [3.05, 3.63) is 40.4 Å². The lowest BCUT2D eigenvalue weighted by Crippen LogP contribution is -2.40. The van der Waals surface area contributed by atoms with Gasteiger partial charge in [0.05, 0.1) is 22.5 Å². The van der Waals surface area contributed by atoms with E-state index in [1.165, 1.54) is 4.90 Å². The fraction of sp³-hybridized carbons (Fsp3) is 0.412. The van der Waals surface area contributed by atoms with Crippen LogP contribution in [0.15, 0.2) is 30.4 Å². The smallest absolute Gasteiger partial charge is 0.238 e. The van der Waals surface area contributed by atoms with Crippen molar-refractivity contribution < 1.29 is 9.59 Å². The van der Waals surface area contributed by atoms with Gasteiger partial charge in [-0.05, 0) is 48.3 Å². The highest BCUT2D eigenvalue weighted by molar-refractivity contribution is 6.38. The van der Waals surface area contributed by atoms with Crippen molar-refractivity contribution in [3.8, 4) is 0 Å². The lowest BCUT2D eigenvalue weighted by molar-refractivity contribution is -0.124. The fourth-order valence-electron chi connectivity index (χ4n) is 4.86. The van der Waals surface area contributed by atoms with Crippen molar-refractivity contribution in [2.24, 2.45) is 35.5 Å². The minimum Gasteiger partial charge on any atom is -0.274 e. The maximum atomic E-state index is 12.9. The van der Waals surface area contributed by atoms with E-state index in [2.05, 4.69) is 12.2 Å². The number of benzene rings is 1. The van der Waals surface area contributed by atoms with Crippen LogP contribution >= 0.6 is 23.2 Å². The summed E-state index contributed by atoms with van der Waals surface area (Å²) in [4.78, 5) is 27.1. The van der Waals surface area contributed by atoms with Crippen LogP contribution in [0.3, 0.4) is 0 Å². The summed E-state index contributed by atoms with van der Waals surface area (Å²) in [5.74, 6) is 1.09. The van der Waals surface area contributed by atoms with Gasteiger partial charge in [-0.2, -0.15) is 0 Å². The largest absolute Gasteiger partial charge is 0.274 e. The number of rotatable bonds is 1. The molecule has 22 heavy (non-hydrogen) atoms. The predicted molar refractivity (Wildman–Crippen MR) is 83.7 cm³/mol. The summed E-state index contributed by atoms with van der Waals surface area (Å²) >= 11 is 12.1. The molecule has 1 aliphatic heterocycles. The Labute approximate surface area is 137 Å². The zero-order chi connectivity index (χ0) is 15.2. The highest BCUT2D eigenvalue weighted by Gasteiger charge is 2.67. The number of hydrogen-bond acceptors (Lipinski definition) is 2. The predicted octanol–water partition coefficient (Wildman–Crippen LogP) is 3.55. The second-order valence-corrected chi connectivity index (χ2v) is 7.61. The van der Waals surface area contributed by atoms with Crippen molar-refractivity contribution in [1.29, 1.82) is 0 Å². The van der Waals surface area contributed by atoms with Crippen LogP contribution < -0.4 is 4.90 Å². The molecule has 3 nitrogen and oxygen atoms in total. The molecule has 5 heteroatoms. The molecular weight excluding hydrogens is 321 g/mol. The molecule has 1 aromatic rings. The Morgan fingerprint density at radius 1 is 0.955 bits per heavy atom. The van der Waals surface area contributed by atoms with E-state index in [0.717, 1.165) is 6.42 Å². The number of imide groups is 1. The number of halogens is 2. The van der Waals surface area contributed by atoms with Crippen molar-refractivity contribution in [2.45, 2.75) is 6.42 Å². The number of amides is 2. The van der Waals surface area contributed by atoms with Crippen LogP contribution in [0.1, 0.15) is 6.42 Å². The average Bonchev–Trinajstić information content (AvgIpc) is 3.26. The van der Waals surface area contributed by atoms with Crippen molar-refractivity contribution in [3.63, 3.8) is 0 Å². The zero-order valence-corrected chi connectivity index (χ0v) is 13.1. The Kier molecular flexibility index (Phi) is 2.48. The van der Waals surface area contributed by atoms with Crippen molar-refractivity contribution >= 4 is 40.7 Å². The summed E-state index contributed by atoms with van der Waals surface area (Å²) in [6.07, 6.45) is 5.49. The summed E-state index contributed by atoms with van der Waals surface area (Å²) in [6, 6.07) is 4.90. The molecule has 5 aliphatic rings. The molecule has 2 saturated carbocycles. The van der Waals surface area contributed by atoms with Crippen LogP contribution in [0, 0.1) is 35.5 Å². The van der Waals surface area contributed by atoms with Gasteiger partial charge in [0.1, 0.15) is 0 Å². The van der Waals surface area contributed by atoms with Crippen LogP contribution in [-0.4, -0.2) is 11.8 Å². The first-order valence-electron chi connectivity index (χ1n) is 7.59. The van der Waals surface area contributed by atoms with E-state index in [9.17, 15) is 9.59 Å². The van der Waals surface area contributed by atoms with E-state index in [-0.39, 0.29) is 35.5 Å². The number of carbonyl (C=O) groups excluding carboxylic acids is 2. The van der Waals surface area contributed by atoms with Crippen LogP contribution in [0.2, 0.25) is 10.0 Å². The lowest BCUT2D eigenvalue weighted by Gasteiger charge is -2.37. The zero-order valence-electron chi connectivity index (χ0n) is 11.6. The number of anilines is 1. The van der Waals surface area contributed by atoms with Gasteiger partial charge in [-0.25, -0.2) is 4.90 Å². The molecule has 6 rings (SSSR count). The van der Waals surface area contributed by atoms with E-state index in [4.69, 9.17) is 23.2 Å². The molecule has 0 aromatic heterocycles. The third kappa shape index (κ3) is 1.49. The molecular formula is C17H13Cl2NO2. The molecule has 0 unspecified atom stereocenters. The first-order chi connectivity index (χ1) is 10.6. The molecule has 1 heterocycles. The van der Waals surface area contributed by atoms with Gasteiger partial charge < -0.3 is 0 Å². The minimum absolute atomic E-state index is 0.0936. The maximum Gasteiger partial charge on any atom is 0.238 e. The van der Waals surface area contributed by atoms with Gasteiger partial charge in [0, 0.05) is 5.02 Å². The Morgan fingerprint density at radius 2 is 1.55 bits per heavy atom. The van der Waals surface area contributed by atoms with Crippen molar-refractivity contribution in [2.75, 3.05) is 4.90 Å². The van der Waals surface area contributed by atoms with E-state index < -0.39 is 0 Å². The van der Waals surface area contributed by atoms with Gasteiger partial charge in [-0.15, -0.1) is 0 Å². The normalized spacial score (nSPS) is 40.9. The number of nitrogens with zero attached hydrogens (tertiary/aromatic N) is 1. The third-order valence-electron chi connectivity index (χ3n) is 5.81. The molecule has 1 aromatic carbocycles. The number of hydrogen-bond donors (Lipinski definition) is 0. The van der Waals surface area contributed by atoms with E-state index in [1.807, 2.05) is 0 Å². The Morgan fingerprint density at radius 3 is 2.09 bits per heavy atom. The molecule has 6 atom stereocenters. The highest BCUT2D eigenvalue weighted by Crippen LogP contribution is 2.65. The number of allylic oxidation sites excluding steroid dienone is 2. The summed E-state index contributed by atoms with van der Waals surface area (Å²) in [7, 11) is 0. The first-order valence-corrected chi connectivity index (χ1v) is 8.34. The summed E-state index contributed by atoms with van der Waals surface area (Å²) in [5, 5.41) is 0.839. The summed E-state index contributed by atoms with van der Waals surface area (Å²) in [6.45, 7) is 0. The SMILES string of the molecule is O=C1[C@H]2[C@@H]3C=C[C@@H]([C@H]4C[C@H]34)[C@@H]2C(=O)N1c1ccc(Cl)cc1Cl. The van der Waals surface area contributed by atoms with Crippen LogP contribution in [0.5, 0.6) is 0 Å². The van der Waals surface area contributed by atoms with Gasteiger partial charge in [0.2, 0.25) is 11.8 Å². The lowest BCUT2D eigenvalue weighted by atomic mass is 9.63. The molecule has 2 bridgehead atoms. The quantitative estimate of drug-likeness (QED) is 0.582. The topological polar surface area (TPSA) is 37.4 Å². The highest BCUT2D eigenvalue weighted by atomic mass is 35.5. The van der Waals surface area contributed by atoms with Gasteiger partial charge in [-0.3, -0.25) is 9.59 Å². The van der Waals surface area contributed by atoms with Gasteiger partial charge >= 0.3 is 0 Å². The molecule has 2 amide bonds. The van der Waals surface area contributed by atoms with Crippen molar-refractivity contribution in [1.82, 2.24) is 0 Å². The molecule has 0 N–H and O–H groups in total. The molecule has 0 radical (unpaired) electrons. The maximum absolute atomic E-state index is 12.9. The average molecular weight is 334 g/mol. The first kappa shape index (κ1) is 13.1. The van der Waals surface area contributed by atoms with Crippen LogP contribution in [-0.2, 0) is 9.59 Å². The van der Waals surface area contributed by atoms with Crippen LogP contribution in [0.4, 0.5) is 5.69 Å². The van der Waals surface area contributed by atoms with Gasteiger partial charge in [-0.1, -0.05) is 35.4 Å². The second kappa shape index (κ2) is 4.15. The Bertz CT molecular complexity index is 723. The molecule has 0 spiro atoms. The summed E-state index contributed by atoms with van der Waals surface area (Å²) < 4.78 is 0. The minimum atomic E-state index is -0.196. The second-order valence-electron chi connectivity index (χ2n) is 6.76. The molecule has 3 fully saturated rings. The molecule has 1 saturated heterocycles.